The number of rotatable bonds is 1. The Balaban J connectivity index is 2.51. The summed E-state index contributed by atoms with van der Waals surface area (Å²) in [6, 6.07) is 1.65. The molecule has 0 aliphatic carbocycles. The zero-order valence-corrected chi connectivity index (χ0v) is 10.5. The molecule has 0 aliphatic rings. The first-order valence-corrected chi connectivity index (χ1v) is 5.99. The molecule has 3 nitrogen and oxygen atoms in total. The highest BCUT2D eigenvalue weighted by molar-refractivity contribution is 9.10. The minimum atomic E-state index is -4.57. The number of nitrogens with zero attached hydrogens (tertiary/aromatic N) is 2. The van der Waals surface area contributed by atoms with Gasteiger partial charge in [-0.05, 0) is 22.0 Å². The molecule has 17 heavy (non-hydrogen) atoms. The highest BCUT2D eigenvalue weighted by Crippen LogP contribution is 2.34. The van der Waals surface area contributed by atoms with Crippen LogP contribution in [0.15, 0.2) is 22.1 Å². The summed E-state index contributed by atoms with van der Waals surface area (Å²) in [6.45, 7) is 0. The zero-order valence-electron chi connectivity index (χ0n) is 8.12. The van der Waals surface area contributed by atoms with Crippen LogP contribution in [-0.4, -0.2) is 9.97 Å². The Labute approximate surface area is 107 Å². The molecule has 2 heterocycles. The summed E-state index contributed by atoms with van der Waals surface area (Å²) in [7, 11) is 0. The lowest BCUT2D eigenvalue weighted by atomic mass is 10.3. The van der Waals surface area contributed by atoms with Crippen molar-refractivity contribution in [1.82, 2.24) is 9.97 Å². The van der Waals surface area contributed by atoms with Gasteiger partial charge in [0.15, 0.2) is 11.5 Å². The average Bonchev–Trinajstić information content (AvgIpc) is 2.64. The number of alkyl halides is 3. The van der Waals surface area contributed by atoms with E-state index in [-0.39, 0.29) is 5.82 Å². The van der Waals surface area contributed by atoms with Crippen molar-refractivity contribution >= 4 is 33.0 Å². The molecule has 0 atom stereocenters. The van der Waals surface area contributed by atoms with E-state index in [0.717, 1.165) is 10.7 Å². The highest BCUT2D eigenvalue weighted by Gasteiger charge is 2.35. The van der Waals surface area contributed by atoms with Crippen molar-refractivity contribution in [1.29, 1.82) is 0 Å². The Bertz CT molecular complexity index is 553. The predicted molar refractivity (Wildman–Crippen MR) is 62.5 cm³/mol. The van der Waals surface area contributed by atoms with Gasteiger partial charge in [-0.3, -0.25) is 0 Å². The van der Waals surface area contributed by atoms with E-state index < -0.39 is 17.6 Å². The van der Waals surface area contributed by atoms with Crippen molar-refractivity contribution in [2.75, 3.05) is 5.73 Å². The van der Waals surface area contributed by atoms with Crippen molar-refractivity contribution in [3.63, 3.8) is 0 Å². The quantitative estimate of drug-likeness (QED) is 0.872. The molecule has 0 saturated carbocycles. The summed E-state index contributed by atoms with van der Waals surface area (Å²) in [4.78, 5) is 7.79. The molecule has 2 rings (SSSR count). The van der Waals surface area contributed by atoms with E-state index in [9.17, 15) is 13.2 Å². The number of anilines is 1. The molecule has 0 aromatic carbocycles. The van der Waals surface area contributed by atoms with Crippen LogP contribution >= 0.6 is 27.3 Å². The average molecular weight is 324 g/mol. The number of aromatic nitrogens is 2. The molecule has 0 unspecified atom stereocenters. The molecule has 0 bridgehead atoms. The van der Waals surface area contributed by atoms with Gasteiger partial charge in [0.05, 0.1) is 16.8 Å². The largest absolute Gasteiger partial charge is 0.435 e. The molecule has 0 saturated heterocycles. The number of nitrogen functional groups attached to an aromatic ring is 1. The van der Waals surface area contributed by atoms with Crippen LogP contribution in [0.25, 0.3) is 10.7 Å². The molecular formula is C9H5BrF3N3S. The third-order valence-corrected chi connectivity index (χ3v) is 3.56. The standard InChI is InChI=1S/C9H5BrF3N3S/c10-4-1-6(17-3-4)8-15-2-5(14)7(16-8)9(11,12)13/h1-3H,14H2. The second-order valence-corrected chi connectivity index (χ2v) is 4.95. The third kappa shape index (κ3) is 2.58. The molecule has 0 spiro atoms. The summed E-state index contributed by atoms with van der Waals surface area (Å²) in [5, 5.41) is 1.74. The van der Waals surface area contributed by atoms with Gasteiger partial charge >= 0.3 is 6.18 Å². The Morgan fingerprint density at radius 2 is 2.06 bits per heavy atom. The summed E-state index contributed by atoms with van der Waals surface area (Å²) in [5.74, 6) is 0.0159. The van der Waals surface area contributed by atoms with Crippen LogP contribution in [0.2, 0.25) is 0 Å². The number of hydrogen-bond donors (Lipinski definition) is 1. The fourth-order valence-electron chi connectivity index (χ4n) is 1.17. The van der Waals surface area contributed by atoms with Gasteiger partial charge in [-0.1, -0.05) is 0 Å². The Hall–Kier alpha value is -1.15. The maximum absolute atomic E-state index is 12.6. The molecule has 2 aromatic heterocycles. The fraction of sp³-hybridized carbons (Fsp3) is 0.111. The highest BCUT2D eigenvalue weighted by atomic mass is 79.9. The first-order valence-electron chi connectivity index (χ1n) is 4.32. The monoisotopic (exact) mass is 323 g/mol. The normalized spacial score (nSPS) is 11.8. The van der Waals surface area contributed by atoms with Crippen LogP contribution in [0.1, 0.15) is 5.69 Å². The maximum Gasteiger partial charge on any atom is 0.435 e. The number of halogens is 4. The lowest BCUT2D eigenvalue weighted by molar-refractivity contribution is -0.140. The van der Waals surface area contributed by atoms with Crippen LogP contribution < -0.4 is 5.73 Å². The van der Waals surface area contributed by atoms with E-state index in [0.29, 0.717) is 4.88 Å². The first-order chi connectivity index (χ1) is 7.88. The Kier molecular flexibility index (Phi) is 3.09. The molecule has 2 aromatic rings. The second-order valence-electron chi connectivity index (χ2n) is 3.12. The summed E-state index contributed by atoms with van der Waals surface area (Å²) in [6.07, 6.45) is -3.60. The lowest BCUT2D eigenvalue weighted by Crippen LogP contribution is -2.12. The van der Waals surface area contributed by atoms with Gasteiger partial charge in [0.25, 0.3) is 0 Å². The minimum Gasteiger partial charge on any atom is -0.396 e. The van der Waals surface area contributed by atoms with Crippen LogP contribution in [0.3, 0.4) is 0 Å². The van der Waals surface area contributed by atoms with E-state index in [4.69, 9.17) is 5.73 Å². The van der Waals surface area contributed by atoms with E-state index >= 15 is 0 Å². The van der Waals surface area contributed by atoms with E-state index in [1.165, 1.54) is 11.3 Å². The van der Waals surface area contributed by atoms with Gasteiger partial charge in [0.2, 0.25) is 0 Å². The third-order valence-electron chi connectivity index (χ3n) is 1.87. The van der Waals surface area contributed by atoms with Crippen molar-refractivity contribution in [3.05, 3.63) is 27.8 Å². The zero-order chi connectivity index (χ0) is 12.6. The Morgan fingerprint density at radius 1 is 1.35 bits per heavy atom. The van der Waals surface area contributed by atoms with Crippen molar-refractivity contribution in [2.45, 2.75) is 6.18 Å². The summed E-state index contributed by atoms with van der Waals surface area (Å²) in [5.41, 5.74) is 3.63. The van der Waals surface area contributed by atoms with Gasteiger partial charge in [-0.2, -0.15) is 13.2 Å². The minimum absolute atomic E-state index is 0.0159. The van der Waals surface area contributed by atoms with Gasteiger partial charge < -0.3 is 5.73 Å². The van der Waals surface area contributed by atoms with E-state index in [2.05, 4.69) is 25.9 Å². The topological polar surface area (TPSA) is 51.8 Å². The molecule has 0 amide bonds. The second kappa shape index (κ2) is 4.26. The molecular weight excluding hydrogens is 319 g/mol. The maximum atomic E-state index is 12.6. The number of hydrogen-bond acceptors (Lipinski definition) is 4. The molecule has 90 valence electrons. The molecule has 2 N–H and O–H groups in total. The molecule has 0 radical (unpaired) electrons. The Morgan fingerprint density at radius 3 is 2.59 bits per heavy atom. The van der Waals surface area contributed by atoms with Gasteiger partial charge in [-0.15, -0.1) is 11.3 Å². The SMILES string of the molecule is Nc1cnc(-c2cc(Br)cs2)nc1C(F)(F)F. The molecule has 0 fully saturated rings. The number of nitrogens with two attached hydrogens (primary N) is 1. The van der Waals surface area contributed by atoms with Crippen LogP contribution in [0.5, 0.6) is 0 Å². The van der Waals surface area contributed by atoms with Gasteiger partial charge in [0, 0.05) is 9.85 Å². The lowest BCUT2D eigenvalue weighted by Gasteiger charge is -2.08. The van der Waals surface area contributed by atoms with Crippen molar-refractivity contribution in [3.8, 4) is 10.7 Å². The summed E-state index contributed by atoms with van der Waals surface area (Å²) >= 11 is 4.46. The first kappa shape index (κ1) is 12.3. The summed E-state index contributed by atoms with van der Waals surface area (Å²) < 4.78 is 38.5. The number of thiophene rings is 1. The van der Waals surface area contributed by atoms with Crippen LogP contribution in [0.4, 0.5) is 18.9 Å². The van der Waals surface area contributed by atoms with Gasteiger partial charge in [-0.25, -0.2) is 9.97 Å². The fourth-order valence-corrected chi connectivity index (χ4v) is 2.53. The van der Waals surface area contributed by atoms with Gasteiger partial charge in [0.1, 0.15) is 0 Å². The molecule has 0 aliphatic heterocycles. The van der Waals surface area contributed by atoms with E-state index in [1.54, 1.807) is 11.4 Å². The molecule has 8 heteroatoms. The van der Waals surface area contributed by atoms with Crippen LogP contribution in [-0.2, 0) is 6.18 Å². The van der Waals surface area contributed by atoms with Crippen molar-refractivity contribution < 1.29 is 13.2 Å². The predicted octanol–water partition coefficient (Wildman–Crippen LogP) is 3.57. The smallest absolute Gasteiger partial charge is 0.396 e. The van der Waals surface area contributed by atoms with E-state index in [1.807, 2.05) is 0 Å². The van der Waals surface area contributed by atoms with Crippen molar-refractivity contribution in [2.24, 2.45) is 0 Å². The van der Waals surface area contributed by atoms with Crippen LogP contribution in [0, 0.1) is 0 Å².